The maximum atomic E-state index is 2.48. The Morgan fingerprint density at radius 3 is 2.77 bits per heavy atom. The van der Waals surface area contributed by atoms with Gasteiger partial charge in [-0.15, -0.1) is 0 Å². The van der Waals surface area contributed by atoms with E-state index in [0.717, 1.165) is 11.8 Å². The van der Waals surface area contributed by atoms with Crippen molar-refractivity contribution in [2.24, 2.45) is 22.7 Å². The molecule has 0 radical (unpaired) electrons. The van der Waals surface area contributed by atoms with Gasteiger partial charge >= 0.3 is 0 Å². The second-order valence-corrected chi connectivity index (χ2v) is 5.75. The molecule has 0 nitrogen and oxygen atoms in total. The zero-order valence-electron chi connectivity index (χ0n) is 8.80. The smallest absolute Gasteiger partial charge is 0.00818 e. The van der Waals surface area contributed by atoms with Crippen LogP contribution in [0.3, 0.4) is 0 Å². The summed E-state index contributed by atoms with van der Waals surface area (Å²) in [5.41, 5.74) is 2.83. The third-order valence-electron chi connectivity index (χ3n) is 5.14. The van der Waals surface area contributed by atoms with Crippen LogP contribution in [0.1, 0.15) is 33.6 Å². The van der Waals surface area contributed by atoms with Crippen molar-refractivity contribution in [2.45, 2.75) is 33.6 Å². The lowest BCUT2D eigenvalue weighted by Crippen LogP contribution is -2.23. The van der Waals surface area contributed by atoms with Gasteiger partial charge in [0.2, 0.25) is 0 Å². The van der Waals surface area contributed by atoms with Gasteiger partial charge in [0, 0.05) is 0 Å². The molecular formula is C13H18. The lowest BCUT2D eigenvalue weighted by Gasteiger charge is -2.32. The largest absolute Gasteiger partial charge is 0.0839 e. The molecule has 3 aliphatic carbocycles. The Morgan fingerprint density at radius 2 is 2.08 bits per heavy atom. The van der Waals surface area contributed by atoms with Gasteiger partial charge in [0.25, 0.3) is 0 Å². The average molecular weight is 174 g/mol. The lowest BCUT2D eigenvalue weighted by molar-refractivity contribution is 0.280. The fourth-order valence-electron chi connectivity index (χ4n) is 3.73. The van der Waals surface area contributed by atoms with Crippen molar-refractivity contribution in [3.8, 4) is 0 Å². The third-order valence-corrected chi connectivity index (χ3v) is 5.14. The summed E-state index contributed by atoms with van der Waals surface area (Å²) in [4.78, 5) is 0. The highest BCUT2D eigenvalue weighted by molar-refractivity contribution is 5.39. The summed E-state index contributed by atoms with van der Waals surface area (Å²) in [5, 5.41) is 0. The molecule has 70 valence electrons. The van der Waals surface area contributed by atoms with Crippen LogP contribution in [-0.2, 0) is 0 Å². The van der Waals surface area contributed by atoms with Crippen LogP contribution in [0, 0.1) is 22.7 Å². The molecule has 0 amide bonds. The van der Waals surface area contributed by atoms with Crippen LogP contribution in [0.25, 0.3) is 0 Å². The first-order valence-electron chi connectivity index (χ1n) is 5.44. The summed E-state index contributed by atoms with van der Waals surface area (Å²) in [6.45, 7) is 7.37. The average Bonchev–Trinajstić information content (AvgIpc) is 2.76. The van der Waals surface area contributed by atoms with Gasteiger partial charge in [0.05, 0.1) is 0 Å². The third kappa shape index (κ3) is 0.697. The number of hydrogen-bond donors (Lipinski definition) is 0. The molecule has 0 saturated heterocycles. The number of allylic oxidation sites excluding steroid dienone is 4. The Morgan fingerprint density at radius 1 is 1.31 bits per heavy atom. The molecule has 0 aromatic rings. The quantitative estimate of drug-likeness (QED) is 0.527. The molecule has 2 fully saturated rings. The van der Waals surface area contributed by atoms with E-state index in [4.69, 9.17) is 0 Å². The maximum absolute atomic E-state index is 2.48. The minimum atomic E-state index is 0.465. The molecular weight excluding hydrogens is 156 g/mol. The SMILES string of the molecule is CC1(C)C2=CC=CCC2C2CC21C. The molecule has 3 atom stereocenters. The summed E-state index contributed by atoms with van der Waals surface area (Å²) in [6, 6.07) is 0. The minimum Gasteiger partial charge on any atom is -0.0839 e. The van der Waals surface area contributed by atoms with Crippen LogP contribution in [0.2, 0.25) is 0 Å². The Balaban J connectivity index is 2.11. The Hall–Kier alpha value is -0.520. The molecule has 3 aliphatic rings. The van der Waals surface area contributed by atoms with Crippen molar-refractivity contribution in [3.63, 3.8) is 0 Å². The van der Waals surface area contributed by atoms with E-state index < -0.39 is 0 Å². The van der Waals surface area contributed by atoms with E-state index in [1.165, 1.54) is 12.8 Å². The second kappa shape index (κ2) is 1.94. The fourth-order valence-corrected chi connectivity index (χ4v) is 3.73. The van der Waals surface area contributed by atoms with Crippen molar-refractivity contribution in [2.75, 3.05) is 0 Å². The molecule has 0 aromatic heterocycles. The summed E-state index contributed by atoms with van der Waals surface area (Å²) in [7, 11) is 0. The van der Waals surface area contributed by atoms with E-state index in [1.807, 2.05) is 0 Å². The molecule has 0 aliphatic heterocycles. The Labute approximate surface area is 80.7 Å². The van der Waals surface area contributed by atoms with E-state index in [-0.39, 0.29) is 0 Å². The summed E-state index contributed by atoms with van der Waals surface area (Å²) in [5.74, 6) is 1.89. The van der Waals surface area contributed by atoms with Crippen molar-refractivity contribution < 1.29 is 0 Å². The molecule has 3 rings (SSSR count). The van der Waals surface area contributed by atoms with E-state index in [1.54, 1.807) is 5.57 Å². The topological polar surface area (TPSA) is 0 Å². The Bertz CT molecular complexity index is 319. The van der Waals surface area contributed by atoms with Crippen LogP contribution in [-0.4, -0.2) is 0 Å². The molecule has 0 N–H and O–H groups in total. The zero-order valence-corrected chi connectivity index (χ0v) is 8.80. The number of fused-ring (bicyclic) bond motifs is 3. The zero-order chi connectivity index (χ0) is 9.27. The van der Waals surface area contributed by atoms with Crippen molar-refractivity contribution in [1.29, 1.82) is 0 Å². The monoisotopic (exact) mass is 174 g/mol. The highest BCUT2D eigenvalue weighted by Crippen LogP contribution is 2.76. The van der Waals surface area contributed by atoms with Gasteiger partial charge in [-0.1, -0.05) is 44.6 Å². The molecule has 3 unspecified atom stereocenters. The van der Waals surface area contributed by atoms with E-state index >= 15 is 0 Å². The van der Waals surface area contributed by atoms with Gasteiger partial charge in [-0.3, -0.25) is 0 Å². The highest BCUT2D eigenvalue weighted by Gasteiger charge is 2.69. The summed E-state index contributed by atoms with van der Waals surface area (Å²) >= 11 is 0. The molecule has 0 aromatic carbocycles. The molecule has 0 heterocycles. The minimum absolute atomic E-state index is 0.465. The fraction of sp³-hybridized carbons (Fsp3) is 0.692. The standard InChI is InChI=1S/C13H18/c1-12(2)10-7-5-4-6-9(10)11-8-13(11,12)3/h4-5,7,9,11H,6,8H2,1-3H3. The predicted molar refractivity (Wildman–Crippen MR) is 55.3 cm³/mol. The first-order valence-corrected chi connectivity index (χ1v) is 5.44. The van der Waals surface area contributed by atoms with Gasteiger partial charge in [-0.05, 0) is 35.5 Å². The predicted octanol–water partition coefficient (Wildman–Crippen LogP) is 3.55. The van der Waals surface area contributed by atoms with Crippen molar-refractivity contribution in [1.82, 2.24) is 0 Å². The van der Waals surface area contributed by atoms with Gasteiger partial charge < -0.3 is 0 Å². The van der Waals surface area contributed by atoms with Gasteiger partial charge in [-0.25, -0.2) is 0 Å². The van der Waals surface area contributed by atoms with Crippen LogP contribution < -0.4 is 0 Å². The molecule has 2 saturated carbocycles. The van der Waals surface area contributed by atoms with Crippen molar-refractivity contribution in [3.05, 3.63) is 23.8 Å². The molecule has 13 heavy (non-hydrogen) atoms. The Kier molecular flexibility index (Phi) is 1.17. The van der Waals surface area contributed by atoms with Crippen molar-refractivity contribution >= 4 is 0 Å². The second-order valence-electron chi connectivity index (χ2n) is 5.75. The normalized spacial score (nSPS) is 49.6. The molecule has 0 bridgehead atoms. The van der Waals surface area contributed by atoms with E-state index in [2.05, 4.69) is 39.0 Å². The lowest BCUT2D eigenvalue weighted by atomic mass is 9.72. The number of hydrogen-bond acceptors (Lipinski definition) is 0. The van der Waals surface area contributed by atoms with Crippen LogP contribution in [0.15, 0.2) is 23.8 Å². The first-order chi connectivity index (χ1) is 6.07. The number of rotatable bonds is 0. The summed E-state index contributed by atoms with van der Waals surface area (Å²) < 4.78 is 0. The summed E-state index contributed by atoms with van der Waals surface area (Å²) in [6.07, 6.45) is 9.74. The van der Waals surface area contributed by atoms with Crippen LogP contribution in [0.4, 0.5) is 0 Å². The van der Waals surface area contributed by atoms with E-state index in [9.17, 15) is 0 Å². The van der Waals surface area contributed by atoms with Gasteiger partial charge in [0.1, 0.15) is 0 Å². The maximum Gasteiger partial charge on any atom is -0.00818 e. The van der Waals surface area contributed by atoms with Gasteiger partial charge in [-0.2, -0.15) is 0 Å². The van der Waals surface area contributed by atoms with Crippen LogP contribution in [0.5, 0.6) is 0 Å². The first kappa shape index (κ1) is 7.84. The van der Waals surface area contributed by atoms with E-state index in [0.29, 0.717) is 10.8 Å². The molecule has 0 heteroatoms. The molecule has 0 spiro atoms. The van der Waals surface area contributed by atoms with Crippen LogP contribution >= 0.6 is 0 Å². The highest BCUT2D eigenvalue weighted by atomic mass is 14.7. The van der Waals surface area contributed by atoms with Gasteiger partial charge in [0.15, 0.2) is 0 Å².